The molecule has 0 N–H and O–H groups in total. The molecule has 1 amide bonds. The Hall–Kier alpha value is -1.93. The summed E-state index contributed by atoms with van der Waals surface area (Å²) in [5, 5.41) is 9.36. The van der Waals surface area contributed by atoms with Crippen molar-refractivity contribution in [2.45, 2.75) is 50.4 Å². The fraction of sp³-hybridized carbons (Fsp3) is 0.550. The standard InChI is InChI=1S/C20H28FN5OS/c1-14-7-5-6-12-25(14)18(27)13-28-20-23-22-19(15(2)24(3)4)26(20)17-10-8-16(21)9-11-17/h8-11,14-15H,5-7,12-13H2,1-4H3/t14-,15-/m0/s1. The molecule has 1 aliphatic rings. The van der Waals surface area contributed by atoms with Gasteiger partial charge in [-0.1, -0.05) is 11.8 Å². The molecular weight excluding hydrogens is 377 g/mol. The molecule has 1 aromatic carbocycles. The molecule has 2 heterocycles. The summed E-state index contributed by atoms with van der Waals surface area (Å²) < 4.78 is 15.3. The quantitative estimate of drug-likeness (QED) is 0.689. The summed E-state index contributed by atoms with van der Waals surface area (Å²) >= 11 is 1.39. The summed E-state index contributed by atoms with van der Waals surface area (Å²) in [6, 6.07) is 6.58. The van der Waals surface area contributed by atoms with Crippen molar-refractivity contribution in [3.8, 4) is 5.69 Å². The number of hydrogen-bond acceptors (Lipinski definition) is 5. The second-order valence-corrected chi connectivity index (χ2v) is 8.46. The van der Waals surface area contributed by atoms with Gasteiger partial charge in [0.15, 0.2) is 11.0 Å². The number of aromatic nitrogens is 3. The highest BCUT2D eigenvalue weighted by molar-refractivity contribution is 7.99. The van der Waals surface area contributed by atoms with Crippen LogP contribution in [-0.2, 0) is 4.79 Å². The van der Waals surface area contributed by atoms with Crippen LogP contribution < -0.4 is 0 Å². The molecule has 0 radical (unpaired) electrons. The maximum atomic E-state index is 13.4. The van der Waals surface area contributed by atoms with Gasteiger partial charge in [0, 0.05) is 18.3 Å². The van der Waals surface area contributed by atoms with E-state index in [2.05, 4.69) is 17.1 Å². The fourth-order valence-corrected chi connectivity index (χ4v) is 4.23. The molecule has 1 aromatic heterocycles. The van der Waals surface area contributed by atoms with Crippen LogP contribution in [-0.4, -0.2) is 62.9 Å². The number of benzene rings is 1. The van der Waals surface area contributed by atoms with Gasteiger partial charge < -0.3 is 4.90 Å². The molecule has 0 unspecified atom stereocenters. The van der Waals surface area contributed by atoms with Gasteiger partial charge in [0.05, 0.1) is 11.8 Å². The van der Waals surface area contributed by atoms with Crippen LogP contribution >= 0.6 is 11.8 Å². The van der Waals surface area contributed by atoms with E-state index < -0.39 is 0 Å². The first-order chi connectivity index (χ1) is 13.4. The van der Waals surface area contributed by atoms with Crippen molar-refractivity contribution in [1.29, 1.82) is 0 Å². The van der Waals surface area contributed by atoms with Crippen LogP contribution in [0.1, 0.15) is 45.0 Å². The van der Waals surface area contributed by atoms with E-state index in [9.17, 15) is 9.18 Å². The Labute approximate surface area is 170 Å². The van der Waals surface area contributed by atoms with Crippen LogP contribution in [0.2, 0.25) is 0 Å². The lowest BCUT2D eigenvalue weighted by Crippen LogP contribution is -2.43. The molecule has 1 fully saturated rings. The summed E-state index contributed by atoms with van der Waals surface area (Å²) in [5.74, 6) is 0.925. The molecule has 0 bridgehead atoms. The number of carbonyl (C=O) groups is 1. The maximum absolute atomic E-state index is 13.4. The Bertz CT molecular complexity index is 807. The molecule has 0 spiro atoms. The van der Waals surface area contributed by atoms with E-state index in [1.54, 1.807) is 12.1 Å². The molecule has 0 aliphatic carbocycles. The van der Waals surface area contributed by atoms with E-state index in [1.165, 1.54) is 30.3 Å². The fourth-order valence-electron chi connectivity index (χ4n) is 3.39. The molecule has 1 aliphatic heterocycles. The van der Waals surface area contributed by atoms with E-state index in [0.717, 1.165) is 30.9 Å². The number of likely N-dealkylation sites (tertiary alicyclic amines) is 1. The lowest BCUT2D eigenvalue weighted by Gasteiger charge is -2.33. The molecular formula is C20H28FN5OS. The molecule has 8 heteroatoms. The number of hydrogen-bond donors (Lipinski definition) is 0. The van der Waals surface area contributed by atoms with Crippen LogP contribution in [0.25, 0.3) is 5.69 Å². The predicted octanol–water partition coefficient (Wildman–Crippen LogP) is 3.52. The summed E-state index contributed by atoms with van der Waals surface area (Å²) in [7, 11) is 3.95. The van der Waals surface area contributed by atoms with Gasteiger partial charge in [0.25, 0.3) is 0 Å². The molecule has 0 saturated carbocycles. The highest BCUT2D eigenvalue weighted by atomic mass is 32.2. The van der Waals surface area contributed by atoms with Crippen molar-refractivity contribution in [2.24, 2.45) is 0 Å². The molecule has 2 aromatic rings. The minimum absolute atomic E-state index is 0.0183. The third kappa shape index (κ3) is 4.55. The van der Waals surface area contributed by atoms with Crippen LogP contribution in [0.3, 0.4) is 0 Å². The Morgan fingerprint density at radius 3 is 2.64 bits per heavy atom. The van der Waals surface area contributed by atoms with E-state index in [4.69, 9.17) is 0 Å². The van der Waals surface area contributed by atoms with Gasteiger partial charge >= 0.3 is 0 Å². The second-order valence-electron chi connectivity index (χ2n) is 7.51. The summed E-state index contributed by atoms with van der Waals surface area (Å²) in [4.78, 5) is 16.7. The van der Waals surface area contributed by atoms with Gasteiger partial charge in [-0.15, -0.1) is 10.2 Å². The van der Waals surface area contributed by atoms with Gasteiger partial charge in [-0.25, -0.2) is 4.39 Å². The highest BCUT2D eigenvalue weighted by Gasteiger charge is 2.25. The first-order valence-electron chi connectivity index (χ1n) is 9.68. The summed E-state index contributed by atoms with van der Waals surface area (Å²) in [6.07, 6.45) is 3.31. The smallest absolute Gasteiger partial charge is 0.233 e. The monoisotopic (exact) mass is 405 g/mol. The van der Waals surface area contributed by atoms with Gasteiger partial charge in [-0.2, -0.15) is 0 Å². The number of piperidine rings is 1. The number of rotatable bonds is 6. The Morgan fingerprint density at radius 1 is 1.29 bits per heavy atom. The zero-order chi connectivity index (χ0) is 20.3. The molecule has 28 heavy (non-hydrogen) atoms. The average molecular weight is 406 g/mol. The average Bonchev–Trinajstić information content (AvgIpc) is 3.10. The van der Waals surface area contributed by atoms with Crippen molar-refractivity contribution in [3.05, 3.63) is 35.9 Å². The number of halogens is 1. The number of nitrogens with zero attached hydrogens (tertiary/aromatic N) is 5. The van der Waals surface area contributed by atoms with E-state index in [0.29, 0.717) is 17.0 Å². The van der Waals surface area contributed by atoms with Crippen LogP contribution in [0.15, 0.2) is 29.4 Å². The van der Waals surface area contributed by atoms with E-state index in [-0.39, 0.29) is 17.8 Å². The lowest BCUT2D eigenvalue weighted by molar-refractivity contribution is -0.131. The van der Waals surface area contributed by atoms with Crippen molar-refractivity contribution >= 4 is 17.7 Å². The SMILES string of the molecule is C[C@@H](c1nnc(SCC(=O)N2CCCC[C@@H]2C)n1-c1ccc(F)cc1)N(C)C. The normalized spacial score (nSPS) is 18.5. The Kier molecular flexibility index (Phi) is 6.72. The first-order valence-corrected chi connectivity index (χ1v) is 10.7. The zero-order valence-corrected chi connectivity index (χ0v) is 17.7. The van der Waals surface area contributed by atoms with Crippen molar-refractivity contribution < 1.29 is 9.18 Å². The molecule has 3 rings (SSSR count). The third-order valence-electron chi connectivity index (χ3n) is 5.34. The van der Waals surface area contributed by atoms with Crippen LogP contribution in [0.4, 0.5) is 4.39 Å². The van der Waals surface area contributed by atoms with Gasteiger partial charge in [0.1, 0.15) is 5.82 Å². The largest absolute Gasteiger partial charge is 0.339 e. The van der Waals surface area contributed by atoms with Crippen molar-refractivity contribution in [2.75, 3.05) is 26.4 Å². The van der Waals surface area contributed by atoms with Crippen LogP contribution in [0, 0.1) is 5.82 Å². The minimum atomic E-state index is -0.289. The number of thioether (sulfide) groups is 1. The van der Waals surface area contributed by atoms with E-state index >= 15 is 0 Å². The predicted molar refractivity (Wildman–Crippen MR) is 109 cm³/mol. The van der Waals surface area contributed by atoms with Gasteiger partial charge in [-0.3, -0.25) is 14.3 Å². The maximum Gasteiger partial charge on any atom is 0.233 e. The number of carbonyl (C=O) groups excluding carboxylic acids is 1. The Morgan fingerprint density at radius 2 is 2.00 bits per heavy atom. The van der Waals surface area contributed by atoms with Crippen LogP contribution in [0.5, 0.6) is 0 Å². The third-order valence-corrected chi connectivity index (χ3v) is 6.25. The highest BCUT2D eigenvalue weighted by Crippen LogP contribution is 2.28. The van der Waals surface area contributed by atoms with Gasteiger partial charge in [-0.05, 0) is 71.5 Å². The zero-order valence-electron chi connectivity index (χ0n) is 16.9. The first kappa shape index (κ1) is 20.8. The van der Waals surface area contributed by atoms with Crippen molar-refractivity contribution in [3.63, 3.8) is 0 Å². The topological polar surface area (TPSA) is 54.3 Å². The summed E-state index contributed by atoms with van der Waals surface area (Å²) in [6.45, 7) is 4.98. The molecule has 1 saturated heterocycles. The number of amides is 1. The molecule has 2 atom stereocenters. The molecule has 6 nitrogen and oxygen atoms in total. The summed E-state index contributed by atoms with van der Waals surface area (Å²) in [5.41, 5.74) is 0.788. The van der Waals surface area contributed by atoms with Crippen molar-refractivity contribution in [1.82, 2.24) is 24.6 Å². The second kappa shape index (κ2) is 9.05. The lowest BCUT2D eigenvalue weighted by atomic mass is 10.0. The molecule has 152 valence electrons. The minimum Gasteiger partial charge on any atom is -0.339 e. The van der Waals surface area contributed by atoms with E-state index in [1.807, 2.05) is 35.4 Å². The van der Waals surface area contributed by atoms with Gasteiger partial charge in [0.2, 0.25) is 5.91 Å². The Balaban J connectivity index is 1.84.